The third-order valence-corrected chi connectivity index (χ3v) is 5.43. The number of nitrogens with zero attached hydrogens (tertiary/aromatic N) is 1. The van der Waals surface area contributed by atoms with E-state index in [1.807, 2.05) is 6.92 Å². The van der Waals surface area contributed by atoms with Crippen LogP contribution in [0.3, 0.4) is 0 Å². The fourth-order valence-electron chi connectivity index (χ4n) is 3.53. The minimum atomic E-state index is -0.678. The summed E-state index contributed by atoms with van der Waals surface area (Å²) in [5.41, 5.74) is 7.04. The maximum Gasteiger partial charge on any atom is 0.416 e. The van der Waals surface area contributed by atoms with Crippen LogP contribution in [-0.4, -0.2) is 31.8 Å². The number of carbonyl (C=O) groups is 1. The molecule has 2 unspecified atom stereocenters. The monoisotopic (exact) mass is 406 g/mol. The quantitative estimate of drug-likeness (QED) is 0.348. The van der Waals surface area contributed by atoms with E-state index in [-0.39, 0.29) is 6.61 Å². The Labute approximate surface area is 175 Å². The summed E-state index contributed by atoms with van der Waals surface area (Å²) < 4.78 is 17.1. The molecule has 2 N–H and O–H groups in total. The molecule has 6 nitrogen and oxygen atoms in total. The van der Waals surface area contributed by atoms with Gasteiger partial charge >= 0.3 is 6.09 Å². The Morgan fingerprint density at radius 1 is 1.10 bits per heavy atom. The van der Waals surface area contributed by atoms with Gasteiger partial charge in [-0.1, -0.05) is 58.3 Å². The highest BCUT2D eigenvalue weighted by molar-refractivity contribution is 5.87. The summed E-state index contributed by atoms with van der Waals surface area (Å²) in [5, 5.41) is 0. The van der Waals surface area contributed by atoms with E-state index in [9.17, 15) is 4.79 Å². The van der Waals surface area contributed by atoms with Crippen LogP contribution in [-0.2, 0) is 14.2 Å². The molecule has 0 bridgehead atoms. The second-order valence-corrected chi connectivity index (χ2v) is 8.10. The van der Waals surface area contributed by atoms with E-state index in [0.717, 1.165) is 12.8 Å². The number of amides is 1. The Kier molecular flexibility index (Phi) is 9.74. The molecule has 2 atom stereocenters. The van der Waals surface area contributed by atoms with Gasteiger partial charge in [0.05, 0.1) is 0 Å². The van der Waals surface area contributed by atoms with Crippen LogP contribution in [0, 0.1) is 0 Å². The molecule has 1 aliphatic rings. The van der Waals surface area contributed by atoms with Crippen LogP contribution in [0.4, 0.5) is 16.2 Å². The highest BCUT2D eigenvalue weighted by Gasteiger charge is 2.39. The molecule has 29 heavy (non-hydrogen) atoms. The minimum Gasteiger partial charge on any atom is -0.417 e. The number of ether oxygens (including phenoxy) is 3. The lowest BCUT2D eigenvalue weighted by molar-refractivity contribution is -0.189. The van der Waals surface area contributed by atoms with Crippen molar-refractivity contribution in [2.75, 3.05) is 24.3 Å². The molecule has 0 aromatic heterocycles. The Balaban J connectivity index is 1.62. The van der Waals surface area contributed by atoms with Gasteiger partial charge in [0.15, 0.2) is 5.79 Å². The minimum absolute atomic E-state index is 0.259. The van der Waals surface area contributed by atoms with E-state index >= 15 is 0 Å². The molecule has 0 saturated carbocycles. The zero-order valence-electron chi connectivity index (χ0n) is 18.3. The van der Waals surface area contributed by atoms with E-state index in [2.05, 4.69) is 6.92 Å². The number of unbranched alkanes of at least 4 members (excludes halogenated alkanes) is 8. The molecule has 0 radical (unpaired) electrons. The van der Waals surface area contributed by atoms with Crippen LogP contribution >= 0.6 is 0 Å². The lowest BCUT2D eigenvalue weighted by atomic mass is 10.0. The van der Waals surface area contributed by atoms with Gasteiger partial charge in [-0.2, -0.15) is 0 Å². The number of benzene rings is 1. The molecular formula is C23H38N2O4. The predicted octanol–water partition coefficient (Wildman–Crippen LogP) is 5.85. The molecule has 1 aromatic rings. The largest absolute Gasteiger partial charge is 0.417 e. The first-order valence-electron chi connectivity index (χ1n) is 11.0. The fourth-order valence-corrected chi connectivity index (χ4v) is 3.53. The number of nitrogens with two attached hydrogens (primary N) is 1. The molecule has 1 amide bonds. The number of rotatable bonds is 12. The molecule has 0 aliphatic carbocycles. The molecule has 6 heteroatoms. The Bertz CT molecular complexity index is 607. The number of anilines is 2. The lowest BCUT2D eigenvalue weighted by Crippen LogP contribution is -2.33. The Hall–Kier alpha value is -1.79. The summed E-state index contributed by atoms with van der Waals surface area (Å²) in [6.07, 6.45) is 11.2. The van der Waals surface area contributed by atoms with Crippen LogP contribution in [0.2, 0.25) is 0 Å². The van der Waals surface area contributed by atoms with Crippen molar-refractivity contribution in [3.05, 3.63) is 24.3 Å². The fraction of sp³-hybridized carbons (Fsp3) is 0.696. The molecule has 1 saturated heterocycles. The van der Waals surface area contributed by atoms with Crippen molar-refractivity contribution in [2.24, 2.45) is 0 Å². The van der Waals surface area contributed by atoms with E-state index in [0.29, 0.717) is 11.4 Å². The number of hydrogen-bond donors (Lipinski definition) is 1. The lowest BCUT2D eigenvalue weighted by Gasteiger charge is -2.24. The van der Waals surface area contributed by atoms with Gasteiger partial charge in [-0.3, -0.25) is 4.90 Å². The van der Waals surface area contributed by atoms with Crippen molar-refractivity contribution in [3.63, 3.8) is 0 Å². The highest BCUT2D eigenvalue weighted by Crippen LogP contribution is 2.30. The first-order chi connectivity index (χ1) is 13.9. The van der Waals surface area contributed by atoms with Crippen molar-refractivity contribution in [3.8, 4) is 0 Å². The van der Waals surface area contributed by atoms with E-state index in [1.165, 1.54) is 56.3 Å². The maximum atomic E-state index is 12.4. The third-order valence-electron chi connectivity index (χ3n) is 5.43. The first kappa shape index (κ1) is 23.5. The highest BCUT2D eigenvalue weighted by atomic mass is 16.8. The molecular weight excluding hydrogens is 368 g/mol. The summed E-state index contributed by atoms with van der Waals surface area (Å²) in [4.78, 5) is 13.8. The normalized spacial score (nSPS) is 21.3. The number of carbonyl (C=O) groups excluding carboxylic acids is 1. The third kappa shape index (κ3) is 8.23. The molecule has 164 valence electrons. The predicted molar refractivity (Wildman–Crippen MR) is 117 cm³/mol. The van der Waals surface area contributed by atoms with Gasteiger partial charge in [0.2, 0.25) is 6.29 Å². The molecule has 1 heterocycles. The topological polar surface area (TPSA) is 74.0 Å². The van der Waals surface area contributed by atoms with Crippen LogP contribution in [0.25, 0.3) is 0 Å². The number of nitrogen functional groups attached to an aromatic ring is 1. The summed E-state index contributed by atoms with van der Waals surface area (Å²) in [5.74, 6) is -0.675. The van der Waals surface area contributed by atoms with Gasteiger partial charge in [-0.25, -0.2) is 4.79 Å². The van der Waals surface area contributed by atoms with Crippen molar-refractivity contribution >= 4 is 17.5 Å². The second kappa shape index (κ2) is 12.0. The van der Waals surface area contributed by atoms with Gasteiger partial charge in [-0.15, -0.1) is 0 Å². The standard InChI is InChI=1S/C23H38N2O4/c1-4-5-6-7-8-9-10-11-12-17-23(2)27-18-21(29-23)28-22(26)25(3)20-15-13-19(24)14-16-20/h13-16,21H,4-12,17-18,24H2,1-3H3. The van der Waals surface area contributed by atoms with Crippen molar-refractivity contribution in [1.82, 2.24) is 0 Å². The van der Waals surface area contributed by atoms with Gasteiger partial charge in [0, 0.05) is 24.8 Å². The summed E-state index contributed by atoms with van der Waals surface area (Å²) >= 11 is 0. The smallest absolute Gasteiger partial charge is 0.416 e. The molecule has 2 rings (SSSR count). The van der Waals surface area contributed by atoms with E-state index in [4.69, 9.17) is 19.9 Å². The van der Waals surface area contributed by atoms with Crippen LogP contribution in [0.1, 0.15) is 78.1 Å². The van der Waals surface area contributed by atoms with Crippen LogP contribution < -0.4 is 10.6 Å². The molecule has 0 spiro atoms. The Morgan fingerprint density at radius 2 is 1.69 bits per heavy atom. The molecule has 1 aromatic carbocycles. The summed E-state index contributed by atoms with van der Waals surface area (Å²) in [6, 6.07) is 7.04. The average molecular weight is 407 g/mol. The van der Waals surface area contributed by atoms with E-state index < -0.39 is 18.2 Å². The summed E-state index contributed by atoms with van der Waals surface area (Å²) in [6.45, 7) is 4.43. The Morgan fingerprint density at radius 3 is 2.31 bits per heavy atom. The first-order valence-corrected chi connectivity index (χ1v) is 11.0. The van der Waals surface area contributed by atoms with Gasteiger partial charge in [0.25, 0.3) is 0 Å². The van der Waals surface area contributed by atoms with Gasteiger partial charge < -0.3 is 19.9 Å². The molecule has 1 aliphatic heterocycles. The number of hydrogen-bond acceptors (Lipinski definition) is 5. The van der Waals surface area contributed by atoms with Crippen molar-refractivity contribution in [2.45, 2.75) is 90.1 Å². The van der Waals surface area contributed by atoms with Crippen molar-refractivity contribution in [1.29, 1.82) is 0 Å². The zero-order valence-corrected chi connectivity index (χ0v) is 18.3. The summed E-state index contributed by atoms with van der Waals surface area (Å²) in [7, 11) is 1.66. The van der Waals surface area contributed by atoms with Crippen LogP contribution in [0.15, 0.2) is 24.3 Å². The second-order valence-electron chi connectivity index (χ2n) is 8.10. The molecule has 1 fully saturated rings. The van der Waals surface area contributed by atoms with Gasteiger partial charge in [-0.05, 0) is 37.6 Å². The SMILES string of the molecule is CCCCCCCCCCCC1(C)OCC(OC(=O)N(C)c2ccc(N)cc2)O1. The van der Waals surface area contributed by atoms with E-state index in [1.54, 1.807) is 31.3 Å². The zero-order chi connectivity index (χ0) is 21.1. The maximum absolute atomic E-state index is 12.4. The van der Waals surface area contributed by atoms with Gasteiger partial charge in [0.1, 0.15) is 6.61 Å². The van der Waals surface area contributed by atoms with Crippen molar-refractivity contribution < 1.29 is 19.0 Å². The average Bonchev–Trinajstić information content (AvgIpc) is 3.07. The van der Waals surface area contributed by atoms with Crippen LogP contribution in [0.5, 0.6) is 0 Å².